The highest BCUT2D eigenvalue weighted by Crippen LogP contribution is 2.41. The van der Waals surface area contributed by atoms with Crippen molar-refractivity contribution in [3.05, 3.63) is 203 Å². The van der Waals surface area contributed by atoms with Crippen LogP contribution in [-0.2, 0) is 0 Å². The number of benzene rings is 8. The Labute approximate surface area is 291 Å². The van der Waals surface area contributed by atoms with E-state index in [2.05, 4.69) is 182 Å². The van der Waals surface area contributed by atoms with Crippen molar-refractivity contribution < 1.29 is 0 Å². The van der Waals surface area contributed by atoms with E-state index in [0.717, 1.165) is 6.42 Å². The topological polar surface area (TPSA) is 12.4 Å². The number of hydrogen-bond donors (Lipinski definition) is 0. The van der Waals surface area contributed by atoms with Crippen molar-refractivity contribution >= 4 is 49.7 Å². The van der Waals surface area contributed by atoms with Gasteiger partial charge in [-0.15, -0.1) is 0 Å². The molecule has 0 N–H and O–H groups in total. The first-order chi connectivity index (χ1) is 24.8. The minimum absolute atomic E-state index is 0.105. The minimum Gasteiger partial charge on any atom is -0.284 e. The molecule has 0 spiro atoms. The fourth-order valence-corrected chi connectivity index (χ4v) is 8.24. The predicted octanol–water partition coefficient (Wildman–Crippen LogP) is 10.7. The fraction of sp³-hybridized carbons (Fsp3) is 0.0408. The van der Waals surface area contributed by atoms with Crippen LogP contribution in [0.3, 0.4) is 0 Å². The minimum atomic E-state index is -0.105. The first-order valence-electron chi connectivity index (χ1n) is 17.5. The molecule has 0 amide bonds. The summed E-state index contributed by atoms with van der Waals surface area (Å²) in [6.07, 6.45) is 5.33. The largest absolute Gasteiger partial charge is 0.284 e. The van der Waals surface area contributed by atoms with Gasteiger partial charge in [0, 0.05) is 12.6 Å². The molecule has 1 nitrogen and oxygen atoms in total. The predicted molar refractivity (Wildman–Crippen MR) is 212 cm³/mol. The maximum atomic E-state index is 5.30. The number of dihydropyridines is 1. The lowest BCUT2D eigenvalue weighted by Gasteiger charge is -2.30. The first-order valence-corrected chi connectivity index (χ1v) is 17.5. The fourth-order valence-electron chi connectivity index (χ4n) is 8.24. The molecule has 0 bridgehead atoms. The number of fused-ring (bicyclic) bond motifs is 6. The Morgan fingerprint density at radius 1 is 0.420 bits per heavy atom. The summed E-state index contributed by atoms with van der Waals surface area (Å²) >= 11 is 0. The van der Waals surface area contributed by atoms with Crippen LogP contribution in [0.4, 0.5) is 0 Å². The molecule has 1 heterocycles. The zero-order chi connectivity index (χ0) is 33.0. The maximum absolute atomic E-state index is 5.30. The number of nitrogens with zero attached hydrogens (tertiary/aromatic N) is 1. The van der Waals surface area contributed by atoms with Gasteiger partial charge >= 0.3 is 0 Å². The van der Waals surface area contributed by atoms with Crippen LogP contribution in [-0.4, -0.2) is 12.3 Å². The second-order valence-electron chi connectivity index (χ2n) is 13.4. The number of hydrogen-bond acceptors (Lipinski definition) is 1. The van der Waals surface area contributed by atoms with E-state index in [9.17, 15) is 0 Å². The monoisotopic (exact) mass is 635 g/mol. The molecule has 2 aliphatic rings. The number of rotatable bonds is 4. The normalized spacial score (nSPS) is 15.3. The van der Waals surface area contributed by atoms with E-state index in [1.54, 1.807) is 0 Å². The molecule has 1 atom stereocenters. The van der Waals surface area contributed by atoms with Crippen molar-refractivity contribution in [2.45, 2.75) is 12.5 Å². The van der Waals surface area contributed by atoms with Crippen molar-refractivity contribution in [1.29, 1.82) is 0 Å². The average molecular weight is 636 g/mol. The van der Waals surface area contributed by atoms with Gasteiger partial charge in [-0.05, 0) is 123 Å². The molecule has 0 aromatic heterocycles. The van der Waals surface area contributed by atoms with Gasteiger partial charge in [0.05, 0.1) is 0 Å². The van der Waals surface area contributed by atoms with Crippen LogP contribution in [0, 0.1) is 0 Å². The highest BCUT2D eigenvalue weighted by Gasteiger charge is 2.30. The Hall–Kier alpha value is -6.31. The van der Waals surface area contributed by atoms with Crippen molar-refractivity contribution in [2.24, 2.45) is 4.99 Å². The van der Waals surface area contributed by atoms with Gasteiger partial charge in [0.2, 0.25) is 0 Å². The Bertz CT molecular complexity index is 2760. The Kier molecular flexibility index (Phi) is 6.70. The van der Waals surface area contributed by atoms with E-state index in [1.165, 1.54) is 92.9 Å². The summed E-state index contributed by atoms with van der Waals surface area (Å²) in [6, 6.07) is 62.2. The van der Waals surface area contributed by atoms with Gasteiger partial charge in [0.1, 0.15) is 6.04 Å². The van der Waals surface area contributed by atoms with Crippen molar-refractivity contribution in [2.75, 3.05) is 0 Å². The molecule has 0 saturated carbocycles. The van der Waals surface area contributed by atoms with E-state index in [4.69, 9.17) is 4.99 Å². The van der Waals surface area contributed by atoms with E-state index < -0.39 is 0 Å². The highest BCUT2D eigenvalue weighted by atomic mass is 14.8. The van der Waals surface area contributed by atoms with E-state index in [1.807, 2.05) is 0 Å². The second-order valence-corrected chi connectivity index (χ2v) is 13.4. The van der Waals surface area contributed by atoms with Crippen LogP contribution in [0.1, 0.15) is 17.5 Å². The lowest BCUT2D eigenvalue weighted by atomic mass is 9.77. The molecular formula is C49H33N. The lowest BCUT2D eigenvalue weighted by molar-refractivity contribution is 0.961. The second kappa shape index (κ2) is 11.7. The zero-order valence-corrected chi connectivity index (χ0v) is 27.6. The van der Waals surface area contributed by atoms with Gasteiger partial charge in [0.15, 0.2) is 0 Å². The quantitative estimate of drug-likeness (QED) is 0.135. The Morgan fingerprint density at radius 2 is 1.06 bits per heavy atom. The maximum Gasteiger partial charge on any atom is 0.101 e. The number of aliphatic imine (C=N–C) groups is 1. The first kappa shape index (κ1) is 28.7. The van der Waals surface area contributed by atoms with Crippen molar-refractivity contribution in [3.63, 3.8) is 0 Å². The molecule has 50 heavy (non-hydrogen) atoms. The van der Waals surface area contributed by atoms with Crippen LogP contribution in [0.25, 0.3) is 65.7 Å². The molecular weight excluding hydrogens is 603 g/mol. The summed E-state index contributed by atoms with van der Waals surface area (Å²) in [5.74, 6) is 0. The number of allylic oxidation sites excluding steroid dienone is 1. The van der Waals surface area contributed by atoms with Crippen molar-refractivity contribution in [1.82, 2.24) is 0 Å². The summed E-state index contributed by atoms with van der Waals surface area (Å²) < 4.78 is 0. The van der Waals surface area contributed by atoms with Gasteiger partial charge in [0.25, 0.3) is 0 Å². The molecule has 234 valence electrons. The average Bonchev–Trinajstić information content (AvgIpc) is 3.19. The molecule has 1 aliphatic heterocycles. The third kappa shape index (κ3) is 4.66. The molecule has 0 saturated heterocycles. The lowest BCUT2D eigenvalue weighted by Crippen LogP contribution is -2.39. The third-order valence-corrected chi connectivity index (χ3v) is 10.5. The third-order valence-electron chi connectivity index (χ3n) is 10.5. The van der Waals surface area contributed by atoms with Gasteiger partial charge in [-0.3, -0.25) is 4.99 Å². The Balaban J connectivity index is 1.28. The van der Waals surface area contributed by atoms with Gasteiger partial charge in [-0.1, -0.05) is 146 Å². The summed E-state index contributed by atoms with van der Waals surface area (Å²) in [6.45, 7) is 0. The van der Waals surface area contributed by atoms with E-state index >= 15 is 0 Å². The van der Waals surface area contributed by atoms with Gasteiger partial charge in [-0.2, -0.15) is 0 Å². The Morgan fingerprint density at radius 3 is 1.80 bits per heavy atom. The standard InChI is InChI=1S/C49H33N/c1-3-13-32(14-4-1)37-28-38(33-15-5-2-6-16-33)30-39(29-37)47-43-19-9-10-20-44(43)48(49-45(47)23-12-26-50-49)42-22-11-21-40-41(42)25-24-36-27-34-17-7-8-18-35(34)31-46(36)40/h1-11,13-31,49H,12H2. The summed E-state index contributed by atoms with van der Waals surface area (Å²) in [7, 11) is 0. The summed E-state index contributed by atoms with van der Waals surface area (Å²) in [5, 5.41) is 10.1. The highest BCUT2D eigenvalue weighted by molar-refractivity contribution is 6.14. The zero-order valence-electron chi connectivity index (χ0n) is 27.6. The molecule has 8 aromatic rings. The molecule has 0 radical (unpaired) electrons. The smallest absolute Gasteiger partial charge is 0.101 e. The van der Waals surface area contributed by atoms with Gasteiger partial charge < -0.3 is 0 Å². The van der Waals surface area contributed by atoms with Crippen LogP contribution >= 0.6 is 0 Å². The molecule has 10 rings (SSSR count). The van der Waals surface area contributed by atoms with Crippen LogP contribution in [0.2, 0.25) is 0 Å². The van der Waals surface area contributed by atoms with Crippen LogP contribution in [0.5, 0.6) is 0 Å². The molecule has 1 unspecified atom stereocenters. The molecule has 1 heteroatoms. The summed E-state index contributed by atoms with van der Waals surface area (Å²) in [5.41, 5.74) is 11.2. The molecule has 8 aromatic carbocycles. The van der Waals surface area contributed by atoms with Crippen LogP contribution in [0.15, 0.2) is 186 Å². The van der Waals surface area contributed by atoms with E-state index in [0.29, 0.717) is 0 Å². The van der Waals surface area contributed by atoms with Crippen LogP contribution < -0.4 is 10.4 Å². The SMILES string of the molecule is C1=NC2C(=CC1)C(c1cc(-c3ccccc3)cc(-c3ccccc3)c1)=c1ccccc1=C2c1cccc2c1ccc1cc3ccccc3cc12. The van der Waals surface area contributed by atoms with E-state index in [-0.39, 0.29) is 6.04 Å². The molecule has 1 aliphatic carbocycles. The molecule has 0 fully saturated rings. The summed E-state index contributed by atoms with van der Waals surface area (Å²) in [4.78, 5) is 5.30. The van der Waals surface area contributed by atoms with Crippen molar-refractivity contribution in [3.8, 4) is 22.3 Å². The van der Waals surface area contributed by atoms with Gasteiger partial charge in [-0.25, -0.2) is 0 Å².